The zero-order valence-electron chi connectivity index (χ0n) is 13.1. The first kappa shape index (κ1) is 17.1. The van der Waals surface area contributed by atoms with Crippen molar-refractivity contribution in [3.8, 4) is 0 Å². The van der Waals surface area contributed by atoms with Gasteiger partial charge in [0.1, 0.15) is 0 Å². The Bertz CT molecular complexity index is 349. The van der Waals surface area contributed by atoms with Gasteiger partial charge in [0.05, 0.1) is 24.7 Å². The summed E-state index contributed by atoms with van der Waals surface area (Å²) in [7, 11) is 0. The van der Waals surface area contributed by atoms with Gasteiger partial charge in [0.15, 0.2) is 5.78 Å². The van der Waals surface area contributed by atoms with Crippen LogP contribution in [0.25, 0.3) is 0 Å². The molecule has 2 N–H and O–H groups in total. The number of carbonyl (C=O) groups excluding carboxylic acids is 2. The average molecular weight is 284 g/mol. The molecular weight excluding hydrogens is 256 g/mol. The predicted octanol–water partition coefficient (Wildman–Crippen LogP) is 1.20. The predicted molar refractivity (Wildman–Crippen MR) is 78.2 cm³/mol. The van der Waals surface area contributed by atoms with Gasteiger partial charge < -0.3 is 15.4 Å². The third kappa shape index (κ3) is 4.28. The summed E-state index contributed by atoms with van der Waals surface area (Å²) in [5, 5.41) is 0. The third-order valence-corrected chi connectivity index (χ3v) is 4.12. The van der Waals surface area contributed by atoms with E-state index in [9.17, 15) is 9.59 Å². The van der Waals surface area contributed by atoms with Crippen LogP contribution in [0.4, 0.5) is 0 Å². The quantitative estimate of drug-likeness (QED) is 0.795. The van der Waals surface area contributed by atoms with Gasteiger partial charge in [-0.1, -0.05) is 34.1 Å². The lowest BCUT2D eigenvalue weighted by molar-refractivity contribution is -0.147. The van der Waals surface area contributed by atoms with Gasteiger partial charge in [-0.25, -0.2) is 0 Å². The summed E-state index contributed by atoms with van der Waals surface area (Å²) >= 11 is 0. The van der Waals surface area contributed by atoms with Crippen LogP contribution in [0.5, 0.6) is 0 Å². The Balaban J connectivity index is 2.63. The van der Waals surface area contributed by atoms with Gasteiger partial charge in [-0.2, -0.15) is 0 Å². The summed E-state index contributed by atoms with van der Waals surface area (Å²) in [6.07, 6.45) is 1.07. The van der Waals surface area contributed by atoms with Crippen LogP contribution < -0.4 is 5.73 Å². The number of rotatable bonds is 6. The van der Waals surface area contributed by atoms with E-state index >= 15 is 0 Å². The highest BCUT2D eigenvalue weighted by Crippen LogP contribution is 2.26. The normalized spacial score (nSPS) is 19.6. The number of ketones is 1. The second kappa shape index (κ2) is 7.18. The van der Waals surface area contributed by atoms with E-state index in [1.807, 2.05) is 27.7 Å². The Morgan fingerprint density at radius 2 is 1.85 bits per heavy atom. The first-order valence-electron chi connectivity index (χ1n) is 7.45. The molecule has 1 aliphatic heterocycles. The van der Waals surface area contributed by atoms with Gasteiger partial charge in [-0.15, -0.1) is 0 Å². The van der Waals surface area contributed by atoms with Crippen LogP contribution in [-0.2, 0) is 14.3 Å². The number of hydrogen-bond acceptors (Lipinski definition) is 4. The van der Waals surface area contributed by atoms with E-state index in [4.69, 9.17) is 10.5 Å². The Labute approximate surface area is 121 Å². The van der Waals surface area contributed by atoms with Crippen LogP contribution in [0.3, 0.4) is 0 Å². The Morgan fingerprint density at radius 1 is 1.30 bits per heavy atom. The lowest BCUT2D eigenvalue weighted by Crippen LogP contribution is -2.49. The number of nitrogens with zero attached hydrogens (tertiary/aromatic N) is 1. The van der Waals surface area contributed by atoms with E-state index in [0.29, 0.717) is 26.3 Å². The average Bonchev–Trinajstić information content (AvgIpc) is 2.45. The number of hydrogen-bond donors (Lipinski definition) is 1. The summed E-state index contributed by atoms with van der Waals surface area (Å²) in [6.45, 7) is 9.99. The fourth-order valence-electron chi connectivity index (χ4n) is 2.39. The molecule has 2 unspecified atom stereocenters. The maximum absolute atomic E-state index is 12.5. The summed E-state index contributed by atoms with van der Waals surface area (Å²) in [4.78, 5) is 26.5. The SMILES string of the molecule is CCC(C)C(N)C(=O)CC(C)(C)C(=O)N1CCOCC1. The fraction of sp³-hybridized carbons (Fsp3) is 0.867. The Morgan fingerprint density at radius 3 is 2.35 bits per heavy atom. The first-order valence-corrected chi connectivity index (χ1v) is 7.45. The lowest BCUT2D eigenvalue weighted by Gasteiger charge is -2.34. The van der Waals surface area contributed by atoms with Crippen LogP contribution in [0, 0.1) is 11.3 Å². The molecule has 20 heavy (non-hydrogen) atoms. The number of Topliss-reactive ketones (excluding diaryl/α,β-unsaturated/α-hetero) is 1. The van der Waals surface area contributed by atoms with E-state index in [0.717, 1.165) is 6.42 Å². The molecule has 0 aromatic carbocycles. The highest BCUT2D eigenvalue weighted by Gasteiger charge is 2.36. The molecule has 0 radical (unpaired) electrons. The van der Waals surface area contributed by atoms with E-state index in [-0.39, 0.29) is 24.0 Å². The second-order valence-electron chi connectivity index (χ2n) is 6.34. The van der Waals surface area contributed by atoms with Crippen molar-refractivity contribution in [1.82, 2.24) is 4.90 Å². The number of carbonyl (C=O) groups is 2. The van der Waals surface area contributed by atoms with Gasteiger partial charge in [-0.3, -0.25) is 9.59 Å². The lowest BCUT2D eigenvalue weighted by atomic mass is 9.81. The summed E-state index contributed by atoms with van der Waals surface area (Å²) in [5.74, 6) is 0.147. The van der Waals surface area contributed by atoms with E-state index in [1.54, 1.807) is 4.90 Å². The van der Waals surface area contributed by atoms with Crippen LogP contribution in [0.1, 0.15) is 40.5 Å². The molecule has 0 aliphatic carbocycles. The monoisotopic (exact) mass is 284 g/mol. The maximum atomic E-state index is 12.5. The van der Waals surface area contributed by atoms with E-state index < -0.39 is 11.5 Å². The zero-order chi connectivity index (χ0) is 15.3. The second-order valence-corrected chi connectivity index (χ2v) is 6.34. The molecule has 5 heteroatoms. The molecule has 5 nitrogen and oxygen atoms in total. The molecule has 2 atom stereocenters. The molecule has 1 aliphatic rings. The van der Waals surface area contributed by atoms with Crippen molar-refractivity contribution in [1.29, 1.82) is 0 Å². The van der Waals surface area contributed by atoms with Crippen LogP contribution in [0.15, 0.2) is 0 Å². The minimum Gasteiger partial charge on any atom is -0.378 e. The van der Waals surface area contributed by atoms with Gasteiger partial charge in [0.2, 0.25) is 5.91 Å². The number of amides is 1. The zero-order valence-corrected chi connectivity index (χ0v) is 13.1. The molecule has 1 saturated heterocycles. The number of nitrogens with two attached hydrogens (primary N) is 1. The smallest absolute Gasteiger partial charge is 0.228 e. The standard InChI is InChI=1S/C15H28N2O3/c1-5-11(2)13(16)12(18)10-15(3,4)14(19)17-6-8-20-9-7-17/h11,13H,5-10,16H2,1-4H3. The van der Waals surface area contributed by atoms with Crippen molar-refractivity contribution in [2.45, 2.75) is 46.6 Å². The largest absolute Gasteiger partial charge is 0.378 e. The Kier molecular flexibility index (Phi) is 6.14. The highest BCUT2D eigenvalue weighted by molar-refractivity contribution is 5.91. The third-order valence-electron chi connectivity index (χ3n) is 4.12. The number of morpholine rings is 1. The van der Waals surface area contributed by atoms with Gasteiger partial charge in [-0.05, 0) is 5.92 Å². The van der Waals surface area contributed by atoms with Crippen LogP contribution >= 0.6 is 0 Å². The molecule has 116 valence electrons. The van der Waals surface area contributed by atoms with Gasteiger partial charge in [0, 0.05) is 19.5 Å². The van der Waals surface area contributed by atoms with Crippen molar-refractivity contribution in [2.75, 3.05) is 26.3 Å². The van der Waals surface area contributed by atoms with Gasteiger partial charge >= 0.3 is 0 Å². The summed E-state index contributed by atoms with van der Waals surface area (Å²) in [5.41, 5.74) is 5.27. The summed E-state index contributed by atoms with van der Waals surface area (Å²) in [6, 6.07) is -0.475. The first-order chi connectivity index (χ1) is 9.29. The van der Waals surface area contributed by atoms with Crippen molar-refractivity contribution in [3.63, 3.8) is 0 Å². The molecule has 1 rings (SSSR count). The van der Waals surface area contributed by atoms with Crippen molar-refractivity contribution < 1.29 is 14.3 Å². The van der Waals surface area contributed by atoms with Crippen molar-refractivity contribution in [2.24, 2.45) is 17.1 Å². The molecule has 0 saturated carbocycles. The maximum Gasteiger partial charge on any atom is 0.228 e. The molecule has 0 spiro atoms. The molecule has 1 fully saturated rings. The minimum atomic E-state index is -0.695. The topological polar surface area (TPSA) is 72.6 Å². The van der Waals surface area contributed by atoms with E-state index in [1.165, 1.54) is 0 Å². The molecule has 1 heterocycles. The van der Waals surface area contributed by atoms with Crippen molar-refractivity contribution in [3.05, 3.63) is 0 Å². The molecular formula is C15H28N2O3. The van der Waals surface area contributed by atoms with Crippen molar-refractivity contribution >= 4 is 11.7 Å². The molecule has 0 aromatic rings. The summed E-state index contributed by atoms with van der Waals surface area (Å²) < 4.78 is 5.25. The molecule has 1 amide bonds. The highest BCUT2D eigenvalue weighted by atomic mass is 16.5. The van der Waals surface area contributed by atoms with E-state index in [2.05, 4.69) is 0 Å². The number of ether oxygens (including phenoxy) is 1. The molecule has 0 bridgehead atoms. The Hall–Kier alpha value is -0.940. The minimum absolute atomic E-state index is 0.0190. The van der Waals surface area contributed by atoms with Crippen LogP contribution in [-0.4, -0.2) is 48.9 Å². The molecule has 0 aromatic heterocycles. The van der Waals surface area contributed by atoms with Crippen LogP contribution in [0.2, 0.25) is 0 Å². The fourth-order valence-corrected chi connectivity index (χ4v) is 2.39. The van der Waals surface area contributed by atoms with Gasteiger partial charge in [0.25, 0.3) is 0 Å².